The zero-order valence-electron chi connectivity index (χ0n) is 15.2. The van der Waals surface area contributed by atoms with E-state index in [1.54, 1.807) is 7.05 Å². The highest BCUT2D eigenvalue weighted by Crippen LogP contribution is 2.14. The van der Waals surface area contributed by atoms with Gasteiger partial charge in [-0.25, -0.2) is 0 Å². The van der Waals surface area contributed by atoms with Crippen LogP contribution in [0.1, 0.15) is 16.7 Å². The van der Waals surface area contributed by atoms with Gasteiger partial charge in [0.05, 0.1) is 0 Å². The van der Waals surface area contributed by atoms with Crippen molar-refractivity contribution < 1.29 is 0 Å². The lowest BCUT2D eigenvalue weighted by Gasteiger charge is -2.16. The summed E-state index contributed by atoms with van der Waals surface area (Å²) in [6.45, 7) is 2.45. The Morgan fingerprint density at radius 2 is 1.60 bits per heavy atom. The van der Waals surface area contributed by atoms with Gasteiger partial charge in [0.2, 0.25) is 0 Å². The first-order valence-electron chi connectivity index (χ1n) is 8.49. The fourth-order valence-corrected chi connectivity index (χ4v) is 2.87. The Labute approximate surface area is 155 Å². The van der Waals surface area contributed by atoms with E-state index in [1.165, 1.54) is 11.1 Å². The standard InChI is InChI=1S/C20H27ClN4/c1-22-20(23-13-12-16-8-6-7-11-19(16)21)24-14-17-9-4-5-10-18(17)15-25(2)3/h4-11H,12-15H2,1-3H3,(H2,22,23,24). The lowest BCUT2D eigenvalue weighted by molar-refractivity contribution is 0.400. The Balaban J connectivity index is 1.86. The molecule has 0 aliphatic heterocycles. The first kappa shape index (κ1) is 19.3. The molecule has 0 heterocycles. The summed E-state index contributed by atoms with van der Waals surface area (Å²) in [5.74, 6) is 0.798. The van der Waals surface area contributed by atoms with Gasteiger partial charge >= 0.3 is 0 Å². The van der Waals surface area contributed by atoms with Crippen molar-refractivity contribution in [2.24, 2.45) is 4.99 Å². The zero-order chi connectivity index (χ0) is 18.1. The minimum absolute atomic E-state index is 0.746. The van der Waals surface area contributed by atoms with Crippen molar-refractivity contribution in [3.8, 4) is 0 Å². The smallest absolute Gasteiger partial charge is 0.191 e. The van der Waals surface area contributed by atoms with Crippen molar-refractivity contribution in [1.29, 1.82) is 0 Å². The Bertz CT molecular complexity index is 698. The number of halogens is 1. The molecule has 0 bridgehead atoms. The minimum Gasteiger partial charge on any atom is -0.356 e. The molecule has 0 fully saturated rings. The second kappa shape index (κ2) is 10.1. The van der Waals surface area contributed by atoms with Crippen molar-refractivity contribution >= 4 is 17.6 Å². The summed E-state index contributed by atoms with van der Waals surface area (Å²) in [4.78, 5) is 6.47. The van der Waals surface area contributed by atoms with Crippen LogP contribution in [0.4, 0.5) is 0 Å². The molecule has 0 atom stereocenters. The number of aliphatic imine (C=N–C) groups is 1. The minimum atomic E-state index is 0.746. The van der Waals surface area contributed by atoms with E-state index in [0.29, 0.717) is 0 Å². The summed E-state index contributed by atoms with van der Waals surface area (Å²) < 4.78 is 0. The fraction of sp³-hybridized carbons (Fsp3) is 0.350. The molecule has 5 heteroatoms. The van der Waals surface area contributed by atoms with Gasteiger partial charge in [-0.1, -0.05) is 54.1 Å². The highest BCUT2D eigenvalue weighted by molar-refractivity contribution is 6.31. The number of rotatable bonds is 7. The first-order chi connectivity index (χ1) is 12.1. The molecule has 134 valence electrons. The first-order valence-corrected chi connectivity index (χ1v) is 8.87. The van der Waals surface area contributed by atoms with Crippen LogP contribution in [-0.4, -0.2) is 38.5 Å². The molecule has 0 amide bonds. The Morgan fingerprint density at radius 3 is 2.24 bits per heavy atom. The van der Waals surface area contributed by atoms with Gasteiger partial charge in [-0.2, -0.15) is 0 Å². The van der Waals surface area contributed by atoms with Crippen molar-refractivity contribution in [1.82, 2.24) is 15.5 Å². The van der Waals surface area contributed by atoms with Crippen LogP contribution in [-0.2, 0) is 19.5 Å². The molecule has 0 aliphatic carbocycles. The van der Waals surface area contributed by atoms with Crippen LogP contribution in [0.15, 0.2) is 53.5 Å². The lowest BCUT2D eigenvalue weighted by Crippen LogP contribution is -2.38. The maximum absolute atomic E-state index is 6.20. The zero-order valence-corrected chi connectivity index (χ0v) is 16.0. The molecule has 0 aliphatic rings. The number of guanidine groups is 1. The van der Waals surface area contributed by atoms with E-state index >= 15 is 0 Å². The van der Waals surface area contributed by atoms with E-state index in [4.69, 9.17) is 11.6 Å². The molecule has 2 rings (SSSR count). The van der Waals surface area contributed by atoms with E-state index in [9.17, 15) is 0 Å². The van der Waals surface area contributed by atoms with Crippen LogP contribution in [0.25, 0.3) is 0 Å². The number of hydrogen-bond donors (Lipinski definition) is 2. The molecular weight excluding hydrogens is 332 g/mol. The van der Waals surface area contributed by atoms with Crippen LogP contribution in [0.3, 0.4) is 0 Å². The summed E-state index contributed by atoms with van der Waals surface area (Å²) >= 11 is 6.20. The quantitative estimate of drug-likeness (QED) is 0.589. The molecule has 4 nitrogen and oxygen atoms in total. The average Bonchev–Trinajstić information content (AvgIpc) is 2.60. The second-order valence-electron chi connectivity index (χ2n) is 6.20. The predicted molar refractivity (Wildman–Crippen MR) is 107 cm³/mol. The van der Waals surface area contributed by atoms with E-state index < -0.39 is 0 Å². The molecule has 0 aromatic heterocycles. The monoisotopic (exact) mass is 358 g/mol. The summed E-state index contributed by atoms with van der Waals surface area (Å²) in [6.07, 6.45) is 0.859. The van der Waals surface area contributed by atoms with Gasteiger partial charge in [-0.05, 0) is 43.3 Å². The van der Waals surface area contributed by atoms with Crippen LogP contribution in [0.5, 0.6) is 0 Å². The Kier molecular flexibility index (Phi) is 7.76. The number of hydrogen-bond acceptors (Lipinski definition) is 2. The summed E-state index contributed by atoms with van der Waals surface area (Å²) in [6, 6.07) is 16.4. The molecule has 2 aromatic rings. The summed E-state index contributed by atoms with van der Waals surface area (Å²) in [5, 5.41) is 7.54. The molecule has 0 unspecified atom stereocenters. The van der Waals surface area contributed by atoms with Gasteiger partial charge in [0.15, 0.2) is 5.96 Å². The number of benzene rings is 2. The molecule has 2 aromatic carbocycles. The van der Waals surface area contributed by atoms with Gasteiger partial charge in [0.25, 0.3) is 0 Å². The SMILES string of the molecule is CN=C(NCCc1ccccc1Cl)NCc1ccccc1CN(C)C. The van der Waals surface area contributed by atoms with Crippen LogP contribution >= 0.6 is 11.6 Å². The lowest BCUT2D eigenvalue weighted by atomic mass is 10.1. The highest BCUT2D eigenvalue weighted by Gasteiger charge is 2.05. The van der Waals surface area contributed by atoms with E-state index in [-0.39, 0.29) is 0 Å². The van der Waals surface area contributed by atoms with Crippen LogP contribution in [0.2, 0.25) is 5.02 Å². The van der Waals surface area contributed by atoms with E-state index in [2.05, 4.69) is 65.0 Å². The van der Waals surface area contributed by atoms with Crippen molar-refractivity contribution in [3.05, 3.63) is 70.2 Å². The van der Waals surface area contributed by atoms with Crippen LogP contribution in [0, 0.1) is 0 Å². The van der Waals surface area contributed by atoms with Crippen molar-refractivity contribution in [2.75, 3.05) is 27.7 Å². The van der Waals surface area contributed by atoms with Gasteiger partial charge in [-0.3, -0.25) is 4.99 Å². The number of nitrogens with zero attached hydrogens (tertiary/aromatic N) is 2. The molecule has 0 saturated carbocycles. The third-order valence-electron chi connectivity index (χ3n) is 3.92. The molecular formula is C20H27ClN4. The van der Waals surface area contributed by atoms with Gasteiger partial charge < -0.3 is 15.5 Å². The third kappa shape index (κ3) is 6.40. The maximum atomic E-state index is 6.20. The highest BCUT2D eigenvalue weighted by atomic mass is 35.5. The summed E-state index contributed by atoms with van der Waals surface area (Å²) in [7, 11) is 5.95. The molecule has 0 radical (unpaired) electrons. The average molecular weight is 359 g/mol. The van der Waals surface area contributed by atoms with Gasteiger partial charge in [0, 0.05) is 31.7 Å². The van der Waals surface area contributed by atoms with Crippen molar-refractivity contribution in [2.45, 2.75) is 19.5 Å². The Hall–Kier alpha value is -2.04. The molecule has 25 heavy (non-hydrogen) atoms. The molecule has 2 N–H and O–H groups in total. The van der Waals surface area contributed by atoms with Gasteiger partial charge in [0.1, 0.15) is 0 Å². The Morgan fingerprint density at radius 1 is 0.960 bits per heavy atom. The maximum Gasteiger partial charge on any atom is 0.191 e. The normalized spacial score (nSPS) is 11.6. The topological polar surface area (TPSA) is 39.7 Å². The number of nitrogens with one attached hydrogen (secondary N) is 2. The largest absolute Gasteiger partial charge is 0.356 e. The van der Waals surface area contributed by atoms with Gasteiger partial charge in [-0.15, -0.1) is 0 Å². The summed E-state index contributed by atoms with van der Waals surface area (Å²) in [5.41, 5.74) is 3.75. The van der Waals surface area contributed by atoms with E-state index in [0.717, 1.165) is 42.6 Å². The molecule has 0 saturated heterocycles. The van der Waals surface area contributed by atoms with Crippen molar-refractivity contribution in [3.63, 3.8) is 0 Å². The van der Waals surface area contributed by atoms with Crippen LogP contribution < -0.4 is 10.6 Å². The molecule has 0 spiro atoms. The third-order valence-corrected chi connectivity index (χ3v) is 4.29. The predicted octanol–water partition coefficient (Wildman–Crippen LogP) is 3.31. The second-order valence-corrected chi connectivity index (χ2v) is 6.61. The fourth-order valence-electron chi connectivity index (χ4n) is 2.64. The van der Waals surface area contributed by atoms with E-state index in [1.807, 2.05) is 18.2 Å².